The summed E-state index contributed by atoms with van der Waals surface area (Å²) < 4.78 is 64.5. The highest BCUT2D eigenvalue weighted by atomic mass is 32.2. The summed E-state index contributed by atoms with van der Waals surface area (Å²) in [7, 11) is -4.11. The molecule has 0 fully saturated rings. The number of hydrogen-bond donors (Lipinski definition) is 2. The third-order valence-electron chi connectivity index (χ3n) is 2.30. The molecule has 1 aromatic carbocycles. The standard InChI is InChI=1S/C11H8F3N3O2S/c12-8-3-6(4-9(13)11(8)14)17-20(18,19)7-1-2-16-10(15)5-7/h1-5,17H,(H2,15,16). The first-order valence-electron chi connectivity index (χ1n) is 5.18. The molecule has 0 unspecified atom stereocenters. The average Bonchev–Trinajstić information content (AvgIpc) is 2.35. The molecule has 0 saturated heterocycles. The van der Waals surface area contributed by atoms with Gasteiger partial charge in [0.2, 0.25) is 0 Å². The predicted octanol–water partition coefficient (Wildman–Crippen LogP) is 1.88. The van der Waals surface area contributed by atoms with Crippen LogP contribution in [0.3, 0.4) is 0 Å². The van der Waals surface area contributed by atoms with Crippen molar-refractivity contribution in [2.75, 3.05) is 10.5 Å². The summed E-state index contributed by atoms with van der Waals surface area (Å²) in [5.74, 6) is -4.72. The Kier molecular flexibility index (Phi) is 3.53. The maximum Gasteiger partial charge on any atom is 0.262 e. The van der Waals surface area contributed by atoms with E-state index in [1.807, 2.05) is 4.72 Å². The minimum atomic E-state index is -4.11. The van der Waals surface area contributed by atoms with E-state index in [0.29, 0.717) is 12.1 Å². The highest BCUT2D eigenvalue weighted by molar-refractivity contribution is 7.92. The third kappa shape index (κ3) is 2.82. The Labute approximate surface area is 112 Å². The molecular weight excluding hydrogens is 295 g/mol. The second-order valence-electron chi connectivity index (χ2n) is 3.78. The molecule has 0 radical (unpaired) electrons. The maximum absolute atomic E-state index is 13.0. The fourth-order valence-corrected chi connectivity index (χ4v) is 2.49. The van der Waals surface area contributed by atoms with Crippen molar-refractivity contribution in [3.63, 3.8) is 0 Å². The average molecular weight is 303 g/mol. The lowest BCUT2D eigenvalue weighted by Crippen LogP contribution is -2.14. The molecule has 106 valence electrons. The Morgan fingerprint density at radius 3 is 2.25 bits per heavy atom. The minimum Gasteiger partial charge on any atom is -0.384 e. The van der Waals surface area contributed by atoms with Gasteiger partial charge in [0.1, 0.15) is 5.82 Å². The van der Waals surface area contributed by atoms with E-state index in [1.54, 1.807) is 0 Å². The lowest BCUT2D eigenvalue weighted by Gasteiger charge is -2.09. The molecule has 2 aromatic rings. The highest BCUT2D eigenvalue weighted by Crippen LogP contribution is 2.21. The molecule has 2 rings (SSSR count). The van der Waals surface area contributed by atoms with Gasteiger partial charge < -0.3 is 5.73 Å². The van der Waals surface area contributed by atoms with Crippen LogP contribution in [0.2, 0.25) is 0 Å². The summed E-state index contributed by atoms with van der Waals surface area (Å²) in [4.78, 5) is 3.38. The van der Waals surface area contributed by atoms with E-state index in [2.05, 4.69) is 4.98 Å². The van der Waals surface area contributed by atoms with Crippen molar-refractivity contribution in [3.8, 4) is 0 Å². The number of aromatic nitrogens is 1. The van der Waals surface area contributed by atoms with E-state index < -0.39 is 33.2 Å². The number of halogens is 3. The SMILES string of the molecule is Nc1cc(S(=O)(=O)Nc2cc(F)c(F)c(F)c2)ccn1. The molecule has 9 heteroatoms. The number of sulfonamides is 1. The van der Waals surface area contributed by atoms with Crippen LogP contribution in [-0.2, 0) is 10.0 Å². The molecule has 3 N–H and O–H groups in total. The second kappa shape index (κ2) is 5.00. The van der Waals surface area contributed by atoms with E-state index >= 15 is 0 Å². The largest absolute Gasteiger partial charge is 0.384 e. The Morgan fingerprint density at radius 1 is 1.10 bits per heavy atom. The molecule has 0 aliphatic carbocycles. The zero-order valence-electron chi connectivity index (χ0n) is 9.77. The molecule has 0 aliphatic rings. The lowest BCUT2D eigenvalue weighted by molar-refractivity contribution is 0.448. The molecular formula is C11H8F3N3O2S. The predicted molar refractivity (Wildman–Crippen MR) is 65.8 cm³/mol. The number of rotatable bonds is 3. The summed E-state index contributed by atoms with van der Waals surface area (Å²) in [6, 6.07) is 3.27. The van der Waals surface area contributed by atoms with Gasteiger partial charge in [0.15, 0.2) is 17.5 Å². The number of anilines is 2. The number of nitrogens with zero attached hydrogens (tertiary/aromatic N) is 1. The van der Waals surface area contributed by atoms with Gasteiger partial charge in [-0.2, -0.15) is 0 Å². The van der Waals surface area contributed by atoms with Gasteiger partial charge in [-0.25, -0.2) is 26.6 Å². The first kappa shape index (κ1) is 14.1. The van der Waals surface area contributed by atoms with Crippen molar-refractivity contribution in [2.24, 2.45) is 0 Å². The first-order chi connectivity index (χ1) is 9.29. The number of nitrogens with two attached hydrogens (primary N) is 1. The summed E-state index contributed by atoms with van der Waals surface area (Å²) in [5, 5.41) is 0. The van der Waals surface area contributed by atoms with Crippen molar-refractivity contribution in [2.45, 2.75) is 4.90 Å². The van der Waals surface area contributed by atoms with Crippen molar-refractivity contribution >= 4 is 21.5 Å². The van der Waals surface area contributed by atoms with Gasteiger partial charge in [-0.3, -0.25) is 4.72 Å². The lowest BCUT2D eigenvalue weighted by atomic mass is 10.3. The Bertz CT molecular complexity index is 742. The van der Waals surface area contributed by atoms with E-state index in [1.165, 1.54) is 0 Å². The number of nitrogen functional groups attached to an aromatic ring is 1. The Balaban J connectivity index is 2.38. The molecule has 0 amide bonds. The summed E-state index contributed by atoms with van der Waals surface area (Å²) in [6.45, 7) is 0. The topological polar surface area (TPSA) is 85.1 Å². The molecule has 20 heavy (non-hydrogen) atoms. The van der Waals surface area contributed by atoms with Gasteiger partial charge in [0.25, 0.3) is 10.0 Å². The molecule has 0 aliphatic heterocycles. The van der Waals surface area contributed by atoms with E-state index in [4.69, 9.17) is 5.73 Å². The number of pyridine rings is 1. The molecule has 0 spiro atoms. The summed E-state index contributed by atoms with van der Waals surface area (Å²) in [5.41, 5.74) is 4.90. The first-order valence-corrected chi connectivity index (χ1v) is 6.67. The number of benzene rings is 1. The van der Waals surface area contributed by atoms with Crippen LogP contribution in [0.25, 0.3) is 0 Å². The summed E-state index contributed by atoms with van der Waals surface area (Å²) in [6.07, 6.45) is 1.16. The normalized spacial score (nSPS) is 11.3. The number of nitrogens with one attached hydrogen (secondary N) is 1. The van der Waals surface area contributed by atoms with Gasteiger partial charge in [0, 0.05) is 24.4 Å². The summed E-state index contributed by atoms with van der Waals surface area (Å²) >= 11 is 0. The Hall–Kier alpha value is -2.29. The van der Waals surface area contributed by atoms with E-state index in [9.17, 15) is 21.6 Å². The molecule has 1 aromatic heterocycles. The fraction of sp³-hybridized carbons (Fsp3) is 0. The van der Waals surface area contributed by atoms with Crippen molar-refractivity contribution in [1.29, 1.82) is 0 Å². The van der Waals surface area contributed by atoms with E-state index in [-0.39, 0.29) is 10.7 Å². The monoisotopic (exact) mass is 303 g/mol. The fourth-order valence-electron chi connectivity index (χ4n) is 1.42. The molecule has 5 nitrogen and oxygen atoms in total. The quantitative estimate of drug-likeness (QED) is 0.848. The second-order valence-corrected chi connectivity index (χ2v) is 5.46. The molecule has 0 atom stereocenters. The van der Waals surface area contributed by atoms with Crippen LogP contribution >= 0.6 is 0 Å². The zero-order valence-corrected chi connectivity index (χ0v) is 10.6. The van der Waals surface area contributed by atoms with Crippen LogP contribution in [0.1, 0.15) is 0 Å². The third-order valence-corrected chi connectivity index (χ3v) is 3.68. The molecule has 1 heterocycles. The van der Waals surface area contributed by atoms with Crippen molar-refractivity contribution in [3.05, 3.63) is 47.9 Å². The van der Waals surface area contributed by atoms with Gasteiger partial charge in [-0.15, -0.1) is 0 Å². The number of hydrogen-bond acceptors (Lipinski definition) is 4. The van der Waals surface area contributed by atoms with Crippen LogP contribution in [0.15, 0.2) is 35.4 Å². The van der Waals surface area contributed by atoms with Crippen molar-refractivity contribution < 1.29 is 21.6 Å². The minimum absolute atomic E-state index is 0.0376. The molecule has 0 bridgehead atoms. The van der Waals surface area contributed by atoms with E-state index in [0.717, 1.165) is 18.3 Å². The molecule has 0 saturated carbocycles. The van der Waals surface area contributed by atoms with Gasteiger partial charge in [0.05, 0.1) is 10.6 Å². The maximum atomic E-state index is 13.0. The van der Waals surface area contributed by atoms with Gasteiger partial charge in [-0.1, -0.05) is 0 Å². The van der Waals surface area contributed by atoms with Crippen LogP contribution in [0.4, 0.5) is 24.7 Å². The van der Waals surface area contributed by atoms with Gasteiger partial charge >= 0.3 is 0 Å². The van der Waals surface area contributed by atoms with Crippen LogP contribution in [-0.4, -0.2) is 13.4 Å². The zero-order chi connectivity index (χ0) is 14.9. The van der Waals surface area contributed by atoms with Gasteiger partial charge in [-0.05, 0) is 6.07 Å². The smallest absolute Gasteiger partial charge is 0.262 e. The van der Waals surface area contributed by atoms with Crippen LogP contribution in [0, 0.1) is 17.5 Å². The Morgan fingerprint density at radius 2 is 1.70 bits per heavy atom. The highest BCUT2D eigenvalue weighted by Gasteiger charge is 2.17. The van der Waals surface area contributed by atoms with Crippen LogP contribution in [0.5, 0.6) is 0 Å². The van der Waals surface area contributed by atoms with Crippen LogP contribution < -0.4 is 10.5 Å². The van der Waals surface area contributed by atoms with Crippen molar-refractivity contribution in [1.82, 2.24) is 4.98 Å².